The lowest BCUT2D eigenvalue weighted by molar-refractivity contribution is 0.412. The van der Waals surface area contributed by atoms with Crippen molar-refractivity contribution in [2.75, 3.05) is 39.0 Å². The summed E-state index contributed by atoms with van der Waals surface area (Å²) in [6, 6.07) is 9.89. The van der Waals surface area contributed by atoms with Gasteiger partial charge in [-0.2, -0.15) is 0 Å². The average Bonchev–Trinajstić information content (AvgIpc) is 3.03. The van der Waals surface area contributed by atoms with Gasteiger partial charge in [-0.05, 0) is 19.1 Å². The van der Waals surface area contributed by atoms with Crippen LogP contribution in [0.5, 0.6) is 0 Å². The summed E-state index contributed by atoms with van der Waals surface area (Å²) in [5, 5.41) is 4.27. The van der Waals surface area contributed by atoms with Crippen molar-refractivity contribution in [2.24, 2.45) is 4.99 Å². The molecule has 158 valence electrons. The van der Waals surface area contributed by atoms with Gasteiger partial charge in [0.1, 0.15) is 11.3 Å². The van der Waals surface area contributed by atoms with E-state index in [0.717, 1.165) is 16.7 Å². The number of fused-ring (bicyclic) bond motifs is 1. The van der Waals surface area contributed by atoms with E-state index >= 15 is 0 Å². The van der Waals surface area contributed by atoms with Crippen LogP contribution >= 0.6 is 24.0 Å². The molecule has 0 aliphatic heterocycles. The minimum Gasteiger partial charge on any atom is -0.459 e. The molecule has 0 spiro atoms. The first-order valence-electron chi connectivity index (χ1n) is 9.36. The quantitative estimate of drug-likeness (QED) is 0.311. The summed E-state index contributed by atoms with van der Waals surface area (Å²) in [7, 11) is -1.36. The lowest BCUT2D eigenvalue weighted by atomic mass is 10.2. The first-order chi connectivity index (χ1) is 12.9. The lowest BCUT2D eigenvalue weighted by Crippen LogP contribution is -2.39. The van der Waals surface area contributed by atoms with E-state index in [1.54, 1.807) is 0 Å². The molecule has 1 aromatic carbocycles. The molecule has 0 saturated heterocycles. The number of aliphatic imine (C=N–C) groups is 1. The molecule has 2 rings (SSSR count). The van der Waals surface area contributed by atoms with Crippen LogP contribution in [0.1, 0.15) is 26.5 Å². The smallest absolute Gasteiger partial charge is 0.215 e. The van der Waals surface area contributed by atoms with Gasteiger partial charge in [0.2, 0.25) is 10.0 Å². The predicted molar refractivity (Wildman–Crippen MR) is 126 cm³/mol. The van der Waals surface area contributed by atoms with Crippen LogP contribution < -0.4 is 5.32 Å². The van der Waals surface area contributed by atoms with Crippen molar-refractivity contribution in [2.45, 2.75) is 27.3 Å². The van der Waals surface area contributed by atoms with E-state index < -0.39 is 10.0 Å². The van der Waals surface area contributed by atoms with Crippen molar-refractivity contribution in [3.05, 3.63) is 36.1 Å². The Hall–Kier alpha value is -1.33. The fourth-order valence-electron chi connectivity index (χ4n) is 2.91. The minimum absolute atomic E-state index is 0. The van der Waals surface area contributed by atoms with Crippen LogP contribution in [-0.2, 0) is 16.6 Å². The second kappa shape index (κ2) is 11.6. The topological polar surface area (TPSA) is 78.2 Å². The van der Waals surface area contributed by atoms with Gasteiger partial charge in [0.25, 0.3) is 0 Å². The number of hydrogen-bond acceptors (Lipinski definition) is 4. The highest BCUT2D eigenvalue weighted by Gasteiger charge is 2.18. The van der Waals surface area contributed by atoms with Crippen molar-refractivity contribution in [1.29, 1.82) is 0 Å². The fourth-order valence-corrected chi connectivity index (χ4v) is 4.27. The van der Waals surface area contributed by atoms with Gasteiger partial charge in [-0.1, -0.05) is 32.0 Å². The summed E-state index contributed by atoms with van der Waals surface area (Å²) >= 11 is 0. The fraction of sp³-hybridized carbons (Fsp3) is 0.526. The minimum atomic E-state index is -3.27. The molecule has 1 heterocycles. The second-order valence-corrected chi connectivity index (χ2v) is 8.33. The summed E-state index contributed by atoms with van der Waals surface area (Å²) in [5.74, 6) is 1.50. The molecular formula is C19H31IN4O3S. The van der Waals surface area contributed by atoms with Gasteiger partial charge >= 0.3 is 0 Å². The average molecular weight is 522 g/mol. The van der Waals surface area contributed by atoms with Gasteiger partial charge in [0.15, 0.2) is 5.96 Å². The van der Waals surface area contributed by atoms with Crippen LogP contribution in [0.4, 0.5) is 0 Å². The van der Waals surface area contributed by atoms with E-state index in [1.165, 1.54) is 4.31 Å². The Morgan fingerprint density at radius 2 is 1.86 bits per heavy atom. The molecule has 0 fully saturated rings. The van der Waals surface area contributed by atoms with E-state index in [1.807, 2.05) is 63.1 Å². The molecule has 2 aromatic rings. The second-order valence-electron chi connectivity index (χ2n) is 6.24. The highest BCUT2D eigenvalue weighted by Crippen LogP contribution is 2.19. The van der Waals surface area contributed by atoms with Gasteiger partial charge in [-0.3, -0.25) is 4.99 Å². The van der Waals surface area contributed by atoms with E-state index in [9.17, 15) is 8.42 Å². The van der Waals surface area contributed by atoms with Gasteiger partial charge in [0.05, 0.1) is 18.8 Å². The number of furan rings is 1. The Labute approximate surface area is 185 Å². The van der Waals surface area contributed by atoms with Crippen molar-refractivity contribution in [3.8, 4) is 0 Å². The molecule has 0 aliphatic carbocycles. The molecule has 0 unspecified atom stereocenters. The molecular weight excluding hydrogens is 491 g/mol. The van der Waals surface area contributed by atoms with Crippen LogP contribution in [0, 0.1) is 0 Å². The van der Waals surface area contributed by atoms with Crippen molar-refractivity contribution >= 4 is 50.9 Å². The zero-order valence-electron chi connectivity index (χ0n) is 17.0. The highest BCUT2D eigenvalue weighted by atomic mass is 127. The first-order valence-corrected chi connectivity index (χ1v) is 11.0. The third-order valence-corrected chi connectivity index (χ3v) is 6.28. The Balaban J connectivity index is 0.00000392. The number of halogens is 1. The third-order valence-electron chi connectivity index (χ3n) is 4.28. The van der Waals surface area contributed by atoms with Crippen LogP contribution in [0.3, 0.4) is 0 Å². The summed E-state index contributed by atoms with van der Waals surface area (Å²) < 4.78 is 31.9. The number of nitrogens with one attached hydrogen (secondary N) is 1. The van der Waals surface area contributed by atoms with Crippen LogP contribution in [0.2, 0.25) is 0 Å². The third kappa shape index (κ3) is 6.63. The van der Waals surface area contributed by atoms with E-state index in [0.29, 0.717) is 32.1 Å². The predicted octanol–water partition coefficient (Wildman–Crippen LogP) is 3.12. The van der Waals surface area contributed by atoms with Gasteiger partial charge in [-0.15, -0.1) is 24.0 Å². The van der Waals surface area contributed by atoms with E-state index in [-0.39, 0.29) is 36.3 Å². The highest BCUT2D eigenvalue weighted by molar-refractivity contribution is 14.0. The number of hydrogen-bond donors (Lipinski definition) is 1. The van der Waals surface area contributed by atoms with E-state index in [4.69, 9.17) is 4.42 Å². The molecule has 1 aromatic heterocycles. The normalized spacial score (nSPS) is 12.2. The van der Waals surface area contributed by atoms with E-state index in [2.05, 4.69) is 10.3 Å². The number of sulfonamides is 1. The Morgan fingerprint density at radius 3 is 2.46 bits per heavy atom. The zero-order valence-corrected chi connectivity index (χ0v) is 20.2. The largest absolute Gasteiger partial charge is 0.459 e. The molecule has 0 saturated carbocycles. The summed E-state index contributed by atoms with van der Waals surface area (Å²) in [6.07, 6.45) is 0. The van der Waals surface area contributed by atoms with Crippen molar-refractivity contribution < 1.29 is 12.8 Å². The monoisotopic (exact) mass is 522 g/mol. The molecule has 0 aliphatic rings. The molecule has 7 nitrogen and oxygen atoms in total. The molecule has 1 N–H and O–H groups in total. The molecule has 0 atom stereocenters. The van der Waals surface area contributed by atoms with Gasteiger partial charge in [0, 0.05) is 32.1 Å². The molecule has 28 heavy (non-hydrogen) atoms. The number of nitrogens with zero attached hydrogens (tertiary/aromatic N) is 3. The van der Waals surface area contributed by atoms with Gasteiger partial charge in [-0.25, -0.2) is 12.7 Å². The summed E-state index contributed by atoms with van der Waals surface area (Å²) in [4.78, 5) is 6.42. The maximum absolute atomic E-state index is 12.3. The lowest BCUT2D eigenvalue weighted by Gasteiger charge is -2.21. The number of rotatable bonds is 9. The number of para-hydroxylation sites is 1. The molecule has 0 radical (unpaired) electrons. The van der Waals surface area contributed by atoms with Crippen LogP contribution in [0.25, 0.3) is 11.0 Å². The number of guanidine groups is 1. The van der Waals surface area contributed by atoms with Crippen molar-refractivity contribution in [1.82, 2.24) is 14.5 Å². The van der Waals surface area contributed by atoms with Crippen molar-refractivity contribution in [3.63, 3.8) is 0 Å². The first kappa shape index (κ1) is 24.7. The maximum Gasteiger partial charge on any atom is 0.215 e. The SMILES string of the molecule is CCNC(=NCCS(=O)(=O)N(CC)CC)N(C)Cc1cc2ccccc2o1.I. The Morgan fingerprint density at radius 1 is 1.18 bits per heavy atom. The van der Waals surface area contributed by atoms with Crippen LogP contribution in [-0.4, -0.2) is 62.6 Å². The molecule has 9 heteroatoms. The molecule has 0 bridgehead atoms. The maximum atomic E-state index is 12.3. The van der Waals surface area contributed by atoms with Crippen LogP contribution in [0.15, 0.2) is 39.7 Å². The number of benzene rings is 1. The molecule has 0 amide bonds. The Bertz CT molecular complexity index is 830. The summed E-state index contributed by atoms with van der Waals surface area (Å²) in [5.41, 5.74) is 0.855. The van der Waals surface area contributed by atoms with Gasteiger partial charge < -0.3 is 14.6 Å². The zero-order chi connectivity index (χ0) is 19.9. The standard InChI is InChI=1S/C19H30N4O3S.HI/c1-5-20-19(21-12-13-27(24,25)23(6-2)7-3)22(4)15-17-14-16-10-8-9-11-18(16)26-17;/h8-11,14H,5-7,12-13,15H2,1-4H3,(H,20,21);1H. The Kier molecular flexibility index (Phi) is 10.3. The summed E-state index contributed by atoms with van der Waals surface area (Å²) in [6.45, 7) is 8.09.